The second-order valence-corrected chi connectivity index (χ2v) is 6.95. The lowest BCUT2D eigenvalue weighted by Gasteiger charge is -2.15. The van der Waals surface area contributed by atoms with Crippen molar-refractivity contribution in [3.05, 3.63) is 59.9 Å². The largest absolute Gasteiger partial charge is 0.376 e. The topological polar surface area (TPSA) is 84.7 Å². The average Bonchev–Trinajstić information content (AvgIpc) is 3.44. The molecule has 8 heteroatoms. The number of hydrogen-bond donors (Lipinski definition) is 2. The van der Waals surface area contributed by atoms with Gasteiger partial charge in [0, 0.05) is 11.3 Å². The molecule has 1 fully saturated rings. The minimum atomic E-state index is -0.293. The Kier molecular flexibility index (Phi) is 5.01. The summed E-state index contributed by atoms with van der Waals surface area (Å²) >= 11 is 0. The molecular weight excluding hydrogens is 359 g/mol. The van der Waals surface area contributed by atoms with Crippen LogP contribution in [0.25, 0.3) is 11.4 Å². The zero-order chi connectivity index (χ0) is 19.5. The van der Waals surface area contributed by atoms with E-state index >= 15 is 0 Å². The molecule has 0 saturated heterocycles. The molecule has 144 valence electrons. The molecule has 1 saturated carbocycles. The second kappa shape index (κ2) is 7.75. The number of carbonyl (C=O) groups excluding carboxylic acids is 1. The monoisotopic (exact) mass is 380 g/mol. The summed E-state index contributed by atoms with van der Waals surface area (Å²) in [5, 5.41) is 17.9. The van der Waals surface area contributed by atoms with E-state index in [9.17, 15) is 9.18 Å². The highest BCUT2D eigenvalue weighted by Gasteiger charge is 2.28. The number of tetrazole rings is 1. The van der Waals surface area contributed by atoms with Crippen molar-refractivity contribution < 1.29 is 9.18 Å². The lowest BCUT2D eigenvalue weighted by atomic mass is 10.1. The first-order valence-electron chi connectivity index (χ1n) is 9.27. The lowest BCUT2D eigenvalue weighted by Crippen LogP contribution is -2.32. The van der Waals surface area contributed by atoms with Crippen molar-refractivity contribution in [1.82, 2.24) is 25.5 Å². The number of anilines is 1. The van der Waals surface area contributed by atoms with Gasteiger partial charge >= 0.3 is 0 Å². The van der Waals surface area contributed by atoms with E-state index in [0.717, 1.165) is 35.5 Å². The maximum absolute atomic E-state index is 13.0. The van der Waals surface area contributed by atoms with Gasteiger partial charge in [-0.15, -0.1) is 5.10 Å². The zero-order valence-electron chi connectivity index (χ0n) is 15.5. The van der Waals surface area contributed by atoms with Gasteiger partial charge in [-0.05, 0) is 72.2 Å². The zero-order valence-corrected chi connectivity index (χ0v) is 15.5. The Hall–Kier alpha value is -3.29. The fourth-order valence-electron chi connectivity index (χ4n) is 3.00. The molecule has 4 rings (SSSR count). The second-order valence-electron chi connectivity index (χ2n) is 6.95. The molecule has 0 aliphatic heterocycles. The van der Waals surface area contributed by atoms with Crippen LogP contribution in [0.4, 0.5) is 10.1 Å². The van der Waals surface area contributed by atoms with E-state index in [1.54, 1.807) is 12.1 Å². The maximum atomic E-state index is 13.0. The van der Waals surface area contributed by atoms with E-state index in [1.807, 2.05) is 35.9 Å². The Morgan fingerprint density at radius 2 is 1.89 bits per heavy atom. The smallest absolute Gasteiger partial charge is 0.239 e. The average molecular weight is 380 g/mol. The number of hydrogen-bond acceptors (Lipinski definition) is 5. The molecule has 0 bridgehead atoms. The van der Waals surface area contributed by atoms with Crippen LogP contribution in [0.1, 0.15) is 37.4 Å². The molecule has 3 aromatic rings. The Morgan fingerprint density at radius 1 is 1.18 bits per heavy atom. The number of halogens is 1. The minimum absolute atomic E-state index is 0.140. The number of nitrogens with zero attached hydrogens (tertiary/aromatic N) is 4. The molecule has 2 aromatic carbocycles. The van der Waals surface area contributed by atoms with Crippen LogP contribution in [0.2, 0.25) is 0 Å². The van der Waals surface area contributed by atoms with Crippen LogP contribution in [0.5, 0.6) is 0 Å². The van der Waals surface area contributed by atoms with Gasteiger partial charge < -0.3 is 10.6 Å². The van der Waals surface area contributed by atoms with Gasteiger partial charge in [0.1, 0.15) is 5.82 Å². The molecule has 1 amide bonds. The van der Waals surface area contributed by atoms with Crippen molar-refractivity contribution in [2.24, 2.45) is 0 Å². The number of rotatable bonds is 7. The molecule has 1 unspecified atom stereocenters. The van der Waals surface area contributed by atoms with Gasteiger partial charge in [0.2, 0.25) is 5.91 Å². The molecule has 0 radical (unpaired) electrons. The number of amides is 1. The number of nitrogens with one attached hydrogen (secondary N) is 2. The Morgan fingerprint density at radius 3 is 2.57 bits per heavy atom. The molecule has 0 spiro atoms. The van der Waals surface area contributed by atoms with E-state index in [0.29, 0.717) is 6.04 Å². The van der Waals surface area contributed by atoms with E-state index in [1.165, 1.54) is 12.1 Å². The SMILES string of the molecule is CC(NC(=O)CNc1ccc(-c2nnnn2C2CC2)cc1)c1ccc(F)cc1. The number of benzene rings is 2. The predicted molar refractivity (Wildman–Crippen MR) is 103 cm³/mol. The third kappa shape index (κ3) is 4.16. The highest BCUT2D eigenvalue weighted by Crippen LogP contribution is 2.36. The van der Waals surface area contributed by atoms with Crippen molar-refractivity contribution in [3.63, 3.8) is 0 Å². The molecular formula is C20H21FN6O. The quantitative estimate of drug-likeness (QED) is 0.658. The molecule has 1 aromatic heterocycles. The van der Waals surface area contributed by atoms with Gasteiger partial charge in [-0.25, -0.2) is 9.07 Å². The van der Waals surface area contributed by atoms with Gasteiger partial charge in [0.15, 0.2) is 5.82 Å². The summed E-state index contributed by atoms with van der Waals surface area (Å²) in [5.74, 6) is 0.331. The summed E-state index contributed by atoms with van der Waals surface area (Å²) < 4.78 is 14.9. The summed E-state index contributed by atoms with van der Waals surface area (Å²) in [6, 6.07) is 14.0. The molecule has 1 aliphatic rings. The van der Waals surface area contributed by atoms with Crippen LogP contribution in [-0.4, -0.2) is 32.7 Å². The highest BCUT2D eigenvalue weighted by atomic mass is 19.1. The third-order valence-electron chi connectivity index (χ3n) is 4.73. The summed E-state index contributed by atoms with van der Waals surface area (Å²) in [6.07, 6.45) is 2.23. The van der Waals surface area contributed by atoms with Crippen LogP contribution in [0, 0.1) is 5.82 Å². The van der Waals surface area contributed by atoms with Crippen LogP contribution >= 0.6 is 0 Å². The van der Waals surface area contributed by atoms with Gasteiger partial charge in [-0.3, -0.25) is 4.79 Å². The van der Waals surface area contributed by atoms with Gasteiger partial charge in [0.25, 0.3) is 0 Å². The van der Waals surface area contributed by atoms with E-state index in [4.69, 9.17) is 0 Å². The van der Waals surface area contributed by atoms with Crippen molar-refractivity contribution in [2.75, 3.05) is 11.9 Å². The Balaban J connectivity index is 1.31. The van der Waals surface area contributed by atoms with Crippen molar-refractivity contribution in [3.8, 4) is 11.4 Å². The van der Waals surface area contributed by atoms with Crippen LogP contribution in [-0.2, 0) is 4.79 Å². The Bertz CT molecular complexity index is 950. The molecule has 1 heterocycles. The molecule has 7 nitrogen and oxygen atoms in total. The minimum Gasteiger partial charge on any atom is -0.376 e. The highest BCUT2D eigenvalue weighted by molar-refractivity contribution is 5.81. The van der Waals surface area contributed by atoms with E-state index < -0.39 is 0 Å². The maximum Gasteiger partial charge on any atom is 0.239 e. The first-order chi connectivity index (χ1) is 13.6. The summed E-state index contributed by atoms with van der Waals surface area (Å²) in [6.45, 7) is 2.01. The molecule has 1 aliphatic carbocycles. The van der Waals surface area contributed by atoms with Crippen LogP contribution in [0.3, 0.4) is 0 Å². The van der Waals surface area contributed by atoms with Gasteiger partial charge in [-0.1, -0.05) is 12.1 Å². The summed E-state index contributed by atoms with van der Waals surface area (Å²) in [5.41, 5.74) is 2.63. The molecule has 28 heavy (non-hydrogen) atoms. The van der Waals surface area contributed by atoms with E-state index in [2.05, 4.69) is 26.2 Å². The fraction of sp³-hybridized carbons (Fsp3) is 0.300. The number of aromatic nitrogens is 4. The van der Waals surface area contributed by atoms with E-state index in [-0.39, 0.29) is 24.3 Å². The predicted octanol–water partition coefficient (Wildman–Crippen LogP) is 3.10. The summed E-state index contributed by atoms with van der Waals surface area (Å²) in [7, 11) is 0. The number of carbonyl (C=O) groups is 1. The van der Waals surface area contributed by atoms with Gasteiger partial charge in [-0.2, -0.15) is 0 Å². The molecule has 1 atom stereocenters. The normalized spacial score (nSPS) is 14.5. The standard InChI is InChI=1S/C20H21FN6O/c1-13(14-2-6-16(21)7-3-14)23-19(28)12-22-17-8-4-15(5-9-17)20-24-25-26-27(20)18-10-11-18/h2-9,13,18,22H,10-12H2,1H3,(H,23,28). The van der Waals surface area contributed by atoms with Crippen LogP contribution < -0.4 is 10.6 Å². The van der Waals surface area contributed by atoms with Crippen molar-refractivity contribution in [1.29, 1.82) is 0 Å². The fourth-order valence-corrected chi connectivity index (χ4v) is 3.00. The first kappa shape index (κ1) is 18.1. The third-order valence-corrected chi connectivity index (χ3v) is 4.73. The van der Waals surface area contributed by atoms with Crippen molar-refractivity contribution >= 4 is 11.6 Å². The summed E-state index contributed by atoms with van der Waals surface area (Å²) in [4.78, 5) is 12.2. The Labute approximate surface area is 162 Å². The van der Waals surface area contributed by atoms with Gasteiger partial charge in [0.05, 0.1) is 18.6 Å². The molecule has 2 N–H and O–H groups in total. The van der Waals surface area contributed by atoms with Crippen LogP contribution in [0.15, 0.2) is 48.5 Å². The lowest BCUT2D eigenvalue weighted by molar-refractivity contribution is -0.120. The van der Waals surface area contributed by atoms with Crippen molar-refractivity contribution in [2.45, 2.75) is 31.8 Å². The first-order valence-corrected chi connectivity index (χ1v) is 9.27.